The molecule has 0 spiro atoms. The van der Waals surface area contributed by atoms with Crippen LogP contribution in [0.1, 0.15) is 49.7 Å². The van der Waals surface area contributed by atoms with Crippen LogP contribution in [-0.4, -0.2) is 22.0 Å². The monoisotopic (exact) mass is 331 g/mol. The first kappa shape index (κ1) is 18.9. The molecule has 1 N–H and O–H groups in total. The van der Waals surface area contributed by atoms with Crippen molar-refractivity contribution in [2.45, 2.75) is 40.0 Å². The van der Waals surface area contributed by atoms with Crippen molar-refractivity contribution in [1.82, 2.24) is 4.57 Å². The molecule has 23 heavy (non-hydrogen) atoms. The summed E-state index contributed by atoms with van der Waals surface area (Å²) in [7, 11) is 1.57. The molecule has 2 aromatic rings. The number of aromatic nitrogens is 1. The molecule has 0 aliphatic carbocycles. The lowest BCUT2D eigenvalue weighted by Gasteiger charge is -2.14. The number of aryl methyl sites for hydroxylation is 1. The van der Waals surface area contributed by atoms with Gasteiger partial charge in [-0.3, -0.25) is 0 Å². The van der Waals surface area contributed by atoms with E-state index in [-0.39, 0.29) is 17.4 Å². The third kappa shape index (κ3) is 4.18. The van der Waals surface area contributed by atoms with E-state index >= 15 is 0 Å². The Morgan fingerprint density at radius 2 is 1.78 bits per heavy atom. The average molecular weight is 331 g/mol. The van der Waals surface area contributed by atoms with Gasteiger partial charge in [0.05, 0.1) is 5.52 Å². The number of ether oxygens (including phenoxy) is 1. The lowest BCUT2D eigenvalue weighted by atomic mass is 10.00. The molecule has 1 heterocycles. The molecule has 0 saturated heterocycles. The third-order valence-electron chi connectivity index (χ3n) is 3.21. The summed E-state index contributed by atoms with van der Waals surface area (Å²) in [5, 5.41) is 9.52. The summed E-state index contributed by atoms with van der Waals surface area (Å²) < 4.78 is 42.5. The predicted molar refractivity (Wildman–Crippen MR) is 82.0 cm³/mol. The summed E-state index contributed by atoms with van der Waals surface area (Å²) in [6.07, 6.45) is -4.79. The Bertz CT molecular complexity index is 703. The van der Waals surface area contributed by atoms with E-state index in [1.165, 1.54) is 22.8 Å². The number of rotatable bonds is 3. The summed E-state index contributed by atoms with van der Waals surface area (Å²) in [4.78, 5) is 11.2. The normalized spacial score (nSPS) is 11.3. The maximum atomic E-state index is 12.4. The van der Waals surface area contributed by atoms with Crippen molar-refractivity contribution in [2.24, 2.45) is 7.05 Å². The van der Waals surface area contributed by atoms with Gasteiger partial charge in [0.2, 0.25) is 0 Å². The standard InChI is InChI=1S/C14H14F3NO3.C2H6/c1-7(2)10-6-9(21-14(15,16)17)4-8-5-11(13(19)20)18(3)12(8)10;1-2/h4-7H,1-3H3,(H,19,20);1-2H3. The Labute approximate surface area is 132 Å². The highest BCUT2D eigenvalue weighted by molar-refractivity contribution is 5.96. The number of benzene rings is 1. The molecule has 1 aromatic heterocycles. The van der Waals surface area contributed by atoms with Crippen LogP contribution in [0.15, 0.2) is 18.2 Å². The largest absolute Gasteiger partial charge is 0.573 e. The van der Waals surface area contributed by atoms with E-state index in [4.69, 9.17) is 5.11 Å². The second kappa shape index (κ2) is 6.93. The zero-order chi connectivity index (χ0) is 17.9. The van der Waals surface area contributed by atoms with Gasteiger partial charge in [0.15, 0.2) is 0 Å². The first-order valence-electron chi connectivity index (χ1n) is 7.22. The fourth-order valence-electron chi connectivity index (χ4n) is 2.35. The van der Waals surface area contributed by atoms with Crippen LogP contribution in [0.5, 0.6) is 5.75 Å². The van der Waals surface area contributed by atoms with Gasteiger partial charge in [0.25, 0.3) is 0 Å². The number of hydrogen-bond donors (Lipinski definition) is 1. The molecule has 0 fully saturated rings. The molecule has 0 saturated carbocycles. The molecule has 0 bridgehead atoms. The minimum absolute atomic E-state index is 0.0102. The van der Waals surface area contributed by atoms with Gasteiger partial charge in [-0.25, -0.2) is 4.79 Å². The number of hydrogen-bond acceptors (Lipinski definition) is 2. The summed E-state index contributed by atoms with van der Waals surface area (Å²) in [6, 6.07) is 3.83. The van der Waals surface area contributed by atoms with Crippen molar-refractivity contribution in [3.63, 3.8) is 0 Å². The number of aromatic carboxylic acids is 1. The average Bonchev–Trinajstić information content (AvgIpc) is 2.75. The lowest BCUT2D eigenvalue weighted by molar-refractivity contribution is -0.274. The molecule has 2 rings (SSSR count). The second-order valence-electron chi connectivity index (χ2n) is 5.05. The quantitative estimate of drug-likeness (QED) is 0.868. The molecule has 0 atom stereocenters. The Kier molecular flexibility index (Phi) is 5.69. The van der Waals surface area contributed by atoms with Crippen molar-refractivity contribution in [2.75, 3.05) is 0 Å². The predicted octanol–water partition coefficient (Wildman–Crippen LogP) is 4.92. The van der Waals surface area contributed by atoms with E-state index < -0.39 is 12.3 Å². The summed E-state index contributed by atoms with van der Waals surface area (Å²) >= 11 is 0. The summed E-state index contributed by atoms with van der Waals surface area (Å²) in [6.45, 7) is 7.64. The van der Waals surface area contributed by atoms with Gasteiger partial charge in [0.1, 0.15) is 11.4 Å². The topological polar surface area (TPSA) is 51.5 Å². The zero-order valence-electron chi connectivity index (χ0n) is 13.7. The molecule has 0 radical (unpaired) electrons. The Balaban J connectivity index is 0.00000127. The highest BCUT2D eigenvalue weighted by Crippen LogP contribution is 2.34. The van der Waals surface area contributed by atoms with Crippen LogP contribution >= 0.6 is 0 Å². The minimum Gasteiger partial charge on any atom is -0.477 e. The first-order chi connectivity index (χ1) is 10.6. The SMILES string of the molecule is CC.CC(C)c1cc(OC(F)(F)F)cc2cc(C(=O)O)n(C)c12. The fraction of sp³-hybridized carbons (Fsp3) is 0.438. The molecular weight excluding hydrogens is 311 g/mol. The molecule has 7 heteroatoms. The van der Waals surface area contributed by atoms with Gasteiger partial charge in [-0.1, -0.05) is 27.7 Å². The van der Waals surface area contributed by atoms with Gasteiger partial charge < -0.3 is 14.4 Å². The van der Waals surface area contributed by atoms with Crippen molar-refractivity contribution < 1.29 is 27.8 Å². The van der Waals surface area contributed by atoms with Crippen LogP contribution in [0.3, 0.4) is 0 Å². The van der Waals surface area contributed by atoms with Crippen LogP contribution in [0.2, 0.25) is 0 Å². The van der Waals surface area contributed by atoms with Gasteiger partial charge >= 0.3 is 12.3 Å². The number of fused-ring (bicyclic) bond motifs is 1. The highest BCUT2D eigenvalue weighted by Gasteiger charge is 2.31. The van der Waals surface area contributed by atoms with E-state index in [9.17, 15) is 18.0 Å². The maximum Gasteiger partial charge on any atom is 0.573 e. The number of carboxylic acids is 1. The molecule has 4 nitrogen and oxygen atoms in total. The summed E-state index contributed by atoms with van der Waals surface area (Å²) in [5.74, 6) is -1.57. The molecule has 1 aromatic carbocycles. The number of nitrogens with zero attached hydrogens (tertiary/aromatic N) is 1. The van der Waals surface area contributed by atoms with Crippen LogP contribution in [0.4, 0.5) is 13.2 Å². The smallest absolute Gasteiger partial charge is 0.477 e. The number of alkyl halides is 3. The van der Waals surface area contributed by atoms with Crippen LogP contribution < -0.4 is 4.74 Å². The van der Waals surface area contributed by atoms with E-state index in [0.29, 0.717) is 16.5 Å². The van der Waals surface area contributed by atoms with E-state index in [0.717, 1.165) is 0 Å². The van der Waals surface area contributed by atoms with Gasteiger partial charge in [0, 0.05) is 12.4 Å². The molecule has 0 aliphatic heterocycles. The Morgan fingerprint density at radius 1 is 1.22 bits per heavy atom. The van der Waals surface area contributed by atoms with Crippen molar-refractivity contribution in [3.8, 4) is 5.75 Å². The first-order valence-corrected chi connectivity index (χ1v) is 7.22. The lowest BCUT2D eigenvalue weighted by Crippen LogP contribution is -2.17. The fourth-order valence-corrected chi connectivity index (χ4v) is 2.35. The molecule has 0 unspecified atom stereocenters. The third-order valence-corrected chi connectivity index (χ3v) is 3.21. The summed E-state index contributed by atoms with van der Waals surface area (Å²) in [5.41, 5.74) is 1.20. The van der Waals surface area contributed by atoms with Crippen LogP contribution in [0, 0.1) is 0 Å². The van der Waals surface area contributed by atoms with Crippen molar-refractivity contribution in [1.29, 1.82) is 0 Å². The Hall–Kier alpha value is -2.18. The van der Waals surface area contributed by atoms with Gasteiger partial charge in [-0.15, -0.1) is 13.2 Å². The zero-order valence-corrected chi connectivity index (χ0v) is 13.7. The minimum atomic E-state index is -4.79. The molecule has 0 amide bonds. The van der Waals surface area contributed by atoms with E-state index in [1.54, 1.807) is 7.05 Å². The van der Waals surface area contributed by atoms with Gasteiger partial charge in [-0.05, 0) is 29.7 Å². The highest BCUT2D eigenvalue weighted by atomic mass is 19.4. The molecular formula is C16H20F3NO3. The maximum absolute atomic E-state index is 12.4. The van der Waals surface area contributed by atoms with E-state index in [1.807, 2.05) is 27.7 Å². The number of carbonyl (C=O) groups is 1. The molecule has 128 valence electrons. The van der Waals surface area contributed by atoms with Gasteiger partial charge in [-0.2, -0.15) is 0 Å². The number of carboxylic acid groups (broad SMARTS) is 1. The molecule has 0 aliphatic rings. The van der Waals surface area contributed by atoms with E-state index in [2.05, 4.69) is 4.74 Å². The van der Waals surface area contributed by atoms with Crippen molar-refractivity contribution in [3.05, 3.63) is 29.5 Å². The van der Waals surface area contributed by atoms with Crippen LogP contribution in [-0.2, 0) is 7.05 Å². The Morgan fingerprint density at radius 3 is 2.22 bits per heavy atom. The van der Waals surface area contributed by atoms with Crippen molar-refractivity contribution >= 4 is 16.9 Å². The van der Waals surface area contributed by atoms with Crippen LogP contribution in [0.25, 0.3) is 10.9 Å². The second-order valence-corrected chi connectivity index (χ2v) is 5.05. The number of halogens is 3.